The Balaban J connectivity index is 0. The quantitative estimate of drug-likeness (QED) is 0.255. The van der Waals surface area contributed by atoms with Crippen LogP contribution in [0, 0.1) is 0 Å². The summed E-state index contributed by atoms with van der Waals surface area (Å²) in [5.74, 6) is 0. The molecule has 0 saturated carbocycles. The van der Waals surface area contributed by atoms with Gasteiger partial charge in [0.15, 0.2) is 0 Å². The normalized spacial score (nSPS) is 7.71. The molecule has 0 aromatic carbocycles. The van der Waals surface area contributed by atoms with Gasteiger partial charge in [-0.05, 0) is 6.42 Å². The van der Waals surface area contributed by atoms with Gasteiger partial charge >= 0.3 is 0 Å². The minimum Gasteiger partial charge on any atom is -0.252 e. The molecule has 0 amide bonds. The Bertz CT molecular complexity index is 21.7. The monoisotopic (exact) mass is 113 g/mol. The minimum absolute atomic E-state index is 0. The summed E-state index contributed by atoms with van der Waals surface area (Å²) in [6.45, 7) is 2.51. The molecule has 0 aromatic heterocycles. The van der Waals surface area contributed by atoms with E-state index in [-0.39, 0.29) is 29.6 Å². The molecule has 7 heavy (non-hydrogen) atoms. The predicted molar refractivity (Wildman–Crippen MR) is 29.2 cm³/mol. The summed E-state index contributed by atoms with van der Waals surface area (Å²) in [6.07, 6.45) is 2.01. The SMILES string of the molecule is CCCCOO.[Na]. The first-order valence-electron chi connectivity index (χ1n) is 2.18. The van der Waals surface area contributed by atoms with Crippen molar-refractivity contribution < 1.29 is 10.1 Å². The Hall–Kier alpha value is 0.920. The van der Waals surface area contributed by atoms with Crippen molar-refractivity contribution in [2.75, 3.05) is 6.61 Å². The molecule has 0 saturated heterocycles. The summed E-state index contributed by atoms with van der Waals surface area (Å²) in [7, 11) is 0. The standard InChI is InChI=1S/C4H10O2.Na/c1-2-3-4-6-5;/h5H,2-4H2,1H3;. The Morgan fingerprint density at radius 2 is 2.14 bits per heavy atom. The van der Waals surface area contributed by atoms with Crippen molar-refractivity contribution in [3.05, 3.63) is 0 Å². The molecular formula is C4H10NaO2. The zero-order valence-corrected chi connectivity index (χ0v) is 6.98. The molecule has 3 heteroatoms. The van der Waals surface area contributed by atoms with Gasteiger partial charge in [-0.3, -0.25) is 5.26 Å². The molecule has 39 valence electrons. The molecule has 0 heterocycles. The van der Waals surface area contributed by atoms with Crippen molar-refractivity contribution >= 4 is 29.6 Å². The maximum atomic E-state index is 7.70. The summed E-state index contributed by atoms with van der Waals surface area (Å²) in [4.78, 5) is 3.78. The van der Waals surface area contributed by atoms with E-state index in [0.717, 1.165) is 12.8 Å². The van der Waals surface area contributed by atoms with Crippen LogP contribution >= 0.6 is 0 Å². The maximum Gasteiger partial charge on any atom is 0.0819 e. The van der Waals surface area contributed by atoms with Crippen LogP contribution in [0.25, 0.3) is 0 Å². The fourth-order valence-corrected chi connectivity index (χ4v) is 0.209. The third-order valence-corrected chi connectivity index (χ3v) is 0.589. The Morgan fingerprint density at radius 3 is 2.29 bits per heavy atom. The van der Waals surface area contributed by atoms with Crippen molar-refractivity contribution in [2.24, 2.45) is 0 Å². The van der Waals surface area contributed by atoms with Gasteiger partial charge in [0.2, 0.25) is 0 Å². The summed E-state index contributed by atoms with van der Waals surface area (Å²) in [6, 6.07) is 0. The minimum atomic E-state index is 0. The molecule has 0 spiro atoms. The van der Waals surface area contributed by atoms with Crippen LogP contribution in [-0.4, -0.2) is 41.4 Å². The van der Waals surface area contributed by atoms with E-state index in [1.165, 1.54) is 0 Å². The van der Waals surface area contributed by atoms with E-state index < -0.39 is 0 Å². The fourth-order valence-electron chi connectivity index (χ4n) is 0.209. The average molecular weight is 113 g/mol. The van der Waals surface area contributed by atoms with Gasteiger partial charge in [0.25, 0.3) is 0 Å². The van der Waals surface area contributed by atoms with Crippen molar-refractivity contribution in [2.45, 2.75) is 19.8 Å². The van der Waals surface area contributed by atoms with Crippen LogP contribution in [0.1, 0.15) is 19.8 Å². The molecule has 0 fully saturated rings. The summed E-state index contributed by atoms with van der Waals surface area (Å²) >= 11 is 0. The van der Waals surface area contributed by atoms with Crippen molar-refractivity contribution in [3.63, 3.8) is 0 Å². The van der Waals surface area contributed by atoms with E-state index in [1.807, 2.05) is 6.92 Å². The van der Waals surface area contributed by atoms with Crippen LogP contribution in [0.15, 0.2) is 0 Å². The molecule has 0 bridgehead atoms. The van der Waals surface area contributed by atoms with Gasteiger partial charge in [-0.1, -0.05) is 13.3 Å². The molecule has 1 N–H and O–H groups in total. The topological polar surface area (TPSA) is 29.5 Å². The first-order chi connectivity index (χ1) is 2.91. The molecule has 0 atom stereocenters. The van der Waals surface area contributed by atoms with Gasteiger partial charge in [0.05, 0.1) is 6.61 Å². The second kappa shape index (κ2) is 10.0. The van der Waals surface area contributed by atoms with E-state index in [1.54, 1.807) is 0 Å². The van der Waals surface area contributed by atoms with E-state index in [9.17, 15) is 0 Å². The van der Waals surface area contributed by atoms with Crippen LogP contribution in [-0.2, 0) is 4.89 Å². The van der Waals surface area contributed by atoms with Gasteiger partial charge in [0.1, 0.15) is 0 Å². The Labute approximate surface area is 66.1 Å². The number of hydrogen-bond donors (Lipinski definition) is 1. The van der Waals surface area contributed by atoms with Gasteiger partial charge in [-0.25, -0.2) is 4.89 Å². The zero-order chi connectivity index (χ0) is 4.83. The largest absolute Gasteiger partial charge is 0.252 e. The van der Waals surface area contributed by atoms with Crippen LogP contribution in [0.4, 0.5) is 0 Å². The fraction of sp³-hybridized carbons (Fsp3) is 1.00. The molecule has 0 rings (SSSR count). The molecule has 0 aliphatic carbocycles. The molecule has 0 aliphatic rings. The first-order valence-corrected chi connectivity index (χ1v) is 2.18. The molecule has 2 nitrogen and oxygen atoms in total. The van der Waals surface area contributed by atoms with Crippen LogP contribution in [0.5, 0.6) is 0 Å². The first kappa shape index (κ1) is 10.8. The second-order valence-corrected chi connectivity index (χ2v) is 1.19. The molecule has 0 aromatic rings. The third-order valence-electron chi connectivity index (χ3n) is 0.589. The summed E-state index contributed by atoms with van der Waals surface area (Å²) in [5, 5.41) is 7.70. The molecule has 0 aliphatic heterocycles. The van der Waals surface area contributed by atoms with Gasteiger partial charge < -0.3 is 0 Å². The van der Waals surface area contributed by atoms with E-state index in [4.69, 9.17) is 5.26 Å². The molecule has 0 unspecified atom stereocenters. The second-order valence-electron chi connectivity index (χ2n) is 1.19. The number of unbranched alkanes of at least 4 members (excludes halogenated alkanes) is 1. The summed E-state index contributed by atoms with van der Waals surface area (Å²) < 4.78 is 0. The molecule has 1 radical (unpaired) electrons. The van der Waals surface area contributed by atoms with E-state index in [2.05, 4.69) is 4.89 Å². The number of rotatable bonds is 3. The van der Waals surface area contributed by atoms with Gasteiger partial charge in [-0.2, -0.15) is 0 Å². The van der Waals surface area contributed by atoms with Crippen molar-refractivity contribution in [3.8, 4) is 0 Å². The number of hydrogen-bond acceptors (Lipinski definition) is 2. The molecular weight excluding hydrogens is 103 g/mol. The van der Waals surface area contributed by atoms with E-state index >= 15 is 0 Å². The smallest absolute Gasteiger partial charge is 0.0819 e. The summed E-state index contributed by atoms with van der Waals surface area (Å²) in [5.41, 5.74) is 0. The Morgan fingerprint density at radius 1 is 1.57 bits per heavy atom. The van der Waals surface area contributed by atoms with Crippen molar-refractivity contribution in [1.29, 1.82) is 0 Å². The van der Waals surface area contributed by atoms with E-state index in [0.29, 0.717) is 6.61 Å². The Kier molecular flexibility index (Phi) is 15.5. The average Bonchev–Trinajstić information content (AvgIpc) is 1.61. The van der Waals surface area contributed by atoms with Crippen molar-refractivity contribution in [1.82, 2.24) is 0 Å². The van der Waals surface area contributed by atoms with Crippen LogP contribution in [0.2, 0.25) is 0 Å². The zero-order valence-electron chi connectivity index (χ0n) is 4.98. The van der Waals surface area contributed by atoms with Crippen LogP contribution < -0.4 is 0 Å². The van der Waals surface area contributed by atoms with Gasteiger partial charge in [0, 0.05) is 29.6 Å². The third kappa shape index (κ3) is 10.9. The van der Waals surface area contributed by atoms with Crippen LogP contribution in [0.3, 0.4) is 0 Å². The maximum absolute atomic E-state index is 7.70. The van der Waals surface area contributed by atoms with Gasteiger partial charge in [-0.15, -0.1) is 0 Å². The predicted octanol–water partition coefficient (Wildman–Crippen LogP) is 0.895.